The molecule has 0 unspecified atom stereocenters. The van der Waals surface area contributed by atoms with E-state index < -0.39 is 0 Å². The lowest BCUT2D eigenvalue weighted by molar-refractivity contribution is -0.134. The molecule has 0 bridgehead atoms. The van der Waals surface area contributed by atoms with Crippen LogP contribution in [0.2, 0.25) is 0 Å². The maximum absolute atomic E-state index is 13.0. The van der Waals surface area contributed by atoms with Crippen LogP contribution in [0.15, 0.2) is 65.5 Å². The molecule has 1 amide bonds. The Kier molecular flexibility index (Phi) is 6.02. The minimum absolute atomic E-state index is 0.0161. The molecule has 1 aliphatic heterocycles. The van der Waals surface area contributed by atoms with Gasteiger partial charge in [0.05, 0.1) is 16.9 Å². The van der Waals surface area contributed by atoms with Crippen molar-refractivity contribution < 1.29 is 4.79 Å². The monoisotopic (exact) mass is 494 g/mol. The number of nitrogens with one attached hydrogen (secondary N) is 1. The molecule has 1 N–H and O–H groups in total. The molecule has 2 aliphatic rings. The number of carbonyl (C=O) groups is 1. The fourth-order valence-electron chi connectivity index (χ4n) is 4.67. The van der Waals surface area contributed by atoms with Gasteiger partial charge in [0.15, 0.2) is 0 Å². The molecule has 2 heterocycles. The van der Waals surface area contributed by atoms with Crippen LogP contribution in [0, 0.1) is 5.92 Å². The van der Waals surface area contributed by atoms with Gasteiger partial charge in [0.25, 0.3) is 5.56 Å². The Morgan fingerprint density at radius 1 is 0.969 bits per heavy atom. The number of hydrogen-bond acceptors (Lipinski definition) is 3. The van der Waals surface area contributed by atoms with Crippen molar-refractivity contribution in [2.24, 2.45) is 5.92 Å². The van der Waals surface area contributed by atoms with Crippen LogP contribution >= 0.6 is 15.9 Å². The molecule has 1 saturated heterocycles. The summed E-state index contributed by atoms with van der Waals surface area (Å²) in [5.74, 6) is 0.814. The summed E-state index contributed by atoms with van der Waals surface area (Å²) in [5.41, 5.74) is 3.79. The van der Waals surface area contributed by atoms with E-state index in [1.807, 2.05) is 53.4 Å². The first-order valence-corrected chi connectivity index (χ1v) is 12.3. The van der Waals surface area contributed by atoms with Gasteiger partial charge in [-0.3, -0.25) is 19.6 Å². The van der Waals surface area contributed by atoms with Crippen LogP contribution in [0.3, 0.4) is 0 Å². The van der Waals surface area contributed by atoms with Gasteiger partial charge in [0.2, 0.25) is 5.91 Å². The number of H-pyrrole nitrogens is 1. The number of aromatic nitrogens is 2. The van der Waals surface area contributed by atoms with Crippen LogP contribution in [0.4, 0.5) is 0 Å². The van der Waals surface area contributed by atoms with Crippen molar-refractivity contribution in [3.63, 3.8) is 0 Å². The van der Waals surface area contributed by atoms with Gasteiger partial charge >= 0.3 is 0 Å². The quantitative estimate of drug-likeness (QED) is 0.533. The van der Waals surface area contributed by atoms with Crippen molar-refractivity contribution >= 4 is 21.8 Å². The first kappa shape index (κ1) is 21.2. The predicted octanol–water partition coefficient (Wildman–Crippen LogP) is 3.51. The summed E-state index contributed by atoms with van der Waals surface area (Å²) >= 11 is 3.48. The number of carbonyl (C=O) groups excluding carboxylic acids is 1. The molecule has 2 aromatic carbocycles. The second-order valence-electron chi connectivity index (χ2n) is 8.64. The zero-order valence-corrected chi connectivity index (χ0v) is 19.5. The number of piperazine rings is 1. The highest BCUT2D eigenvalue weighted by Crippen LogP contribution is 2.48. The zero-order chi connectivity index (χ0) is 22.1. The zero-order valence-electron chi connectivity index (χ0n) is 17.9. The predicted molar refractivity (Wildman–Crippen MR) is 128 cm³/mol. The smallest absolute Gasteiger partial charge is 0.275 e. The van der Waals surface area contributed by atoms with Gasteiger partial charge < -0.3 is 4.90 Å². The number of hydrogen-bond donors (Lipinski definition) is 1. The SMILES string of the molecule is O=C([C@H]1C[C@@H]1c1ccccc1)N1CCN(Cc2[nH]n(-c3ccccc3)c(=O)c2CBr)CC1. The number of benzene rings is 2. The molecule has 2 atom stereocenters. The molecule has 2 fully saturated rings. The van der Waals surface area contributed by atoms with Crippen molar-refractivity contribution in [3.05, 3.63) is 87.8 Å². The summed E-state index contributed by atoms with van der Waals surface area (Å²) in [6.07, 6.45) is 0.964. The van der Waals surface area contributed by atoms with E-state index in [2.05, 4.69) is 38.1 Å². The molecule has 6 nitrogen and oxygen atoms in total. The summed E-state index contributed by atoms with van der Waals surface area (Å²) in [6, 6.07) is 20.0. The summed E-state index contributed by atoms with van der Waals surface area (Å²) in [6.45, 7) is 3.78. The van der Waals surface area contributed by atoms with Gasteiger partial charge in [-0.05, 0) is 30.0 Å². The van der Waals surface area contributed by atoms with Crippen LogP contribution in [0.5, 0.6) is 0 Å². The van der Waals surface area contributed by atoms with Crippen LogP contribution in [0.25, 0.3) is 5.69 Å². The van der Waals surface area contributed by atoms with Crippen molar-refractivity contribution in [2.75, 3.05) is 26.2 Å². The Bertz CT molecular complexity index is 1130. The van der Waals surface area contributed by atoms with Crippen molar-refractivity contribution in [2.45, 2.75) is 24.2 Å². The van der Waals surface area contributed by atoms with Gasteiger partial charge in [-0.15, -0.1) is 0 Å². The van der Waals surface area contributed by atoms with Crippen LogP contribution in [0.1, 0.15) is 29.2 Å². The molecule has 1 aromatic heterocycles. The topological polar surface area (TPSA) is 61.3 Å². The Labute approximate surface area is 196 Å². The number of alkyl halides is 1. The van der Waals surface area contributed by atoms with Crippen LogP contribution < -0.4 is 5.56 Å². The molecule has 0 spiro atoms. The van der Waals surface area contributed by atoms with Crippen LogP contribution in [-0.4, -0.2) is 51.7 Å². The average molecular weight is 495 g/mol. The summed E-state index contributed by atoms with van der Waals surface area (Å²) in [5, 5.41) is 3.82. The van der Waals surface area contributed by atoms with Crippen LogP contribution in [-0.2, 0) is 16.7 Å². The molecule has 5 rings (SSSR count). The van der Waals surface area contributed by atoms with Crippen molar-refractivity contribution in [1.82, 2.24) is 19.6 Å². The molecule has 1 saturated carbocycles. The van der Waals surface area contributed by atoms with E-state index in [9.17, 15) is 9.59 Å². The maximum atomic E-state index is 13.0. The van der Waals surface area contributed by atoms with Crippen molar-refractivity contribution in [3.8, 4) is 5.69 Å². The fourth-order valence-corrected chi connectivity index (χ4v) is 5.24. The highest BCUT2D eigenvalue weighted by atomic mass is 79.9. The van der Waals surface area contributed by atoms with E-state index in [1.54, 1.807) is 4.68 Å². The molecular weight excluding hydrogens is 468 g/mol. The number of halogens is 1. The lowest BCUT2D eigenvalue weighted by Crippen LogP contribution is -2.49. The van der Waals surface area contributed by atoms with Crippen molar-refractivity contribution in [1.29, 1.82) is 0 Å². The number of amides is 1. The maximum Gasteiger partial charge on any atom is 0.275 e. The Morgan fingerprint density at radius 3 is 2.28 bits per heavy atom. The second kappa shape index (κ2) is 9.08. The largest absolute Gasteiger partial charge is 0.340 e. The summed E-state index contributed by atoms with van der Waals surface area (Å²) < 4.78 is 1.61. The second-order valence-corrected chi connectivity index (χ2v) is 9.20. The number of aromatic amines is 1. The Hall–Kier alpha value is -2.64. The number of rotatable bonds is 6. The van der Waals surface area contributed by atoms with E-state index in [-0.39, 0.29) is 11.5 Å². The fraction of sp³-hybridized carbons (Fsp3) is 0.360. The summed E-state index contributed by atoms with van der Waals surface area (Å²) in [7, 11) is 0. The highest BCUT2D eigenvalue weighted by Gasteiger charge is 2.46. The third-order valence-corrected chi connectivity index (χ3v) is 7.18. The molecule has 0 radical (unpaired) electrons. The van der Waals surface area contributed by atoms with Gasteiger partial charge in [-0.1, -0.05) is 64.5 Å². The molecule has 7 heteroatoms. The third-order valence-electron chi connectivity index (χ3n) is 6.62. The molecule has 166 valence electrons. The van der Waals surface area contributed by atoms with Gasteiger partial charge in [0, 0.05) is 44.0 Å². The lowest BCUT2D eigenvalue weighted by atomic mass is 10.1. The van der Waals surface area contributed by atoms with Gasteiger partial charge in [-0.2, -0.15) is 0 Å². The minimum atomic E-state index is -0.0161. The normalized spacial score (nSPS) is 21.0. The molecular formula is C25H27BrN4O2. The number of para-hydroxylation sites is 1. The standard InChI is InChI=1S/C25H27BrN4O2/c26-16-22-23(27-30(25(22)32)19-9-5-2-6-10-19)17-28-11-13-29(14-12-28)24(31)21-15-20(21)18-7-3-1-4-8-18/h1-10,20-21,27H,11-17H2/t20-,21+/m1/s1. The van der Waals surface area contributed by atoms with E-state index in [0.717, 1.165) is 49.5 Å². The number of nitrogens with zero attached hydrogens (tertiary/aromatic N) is 3. The molecule has 32 heavy (non-hydrogen) atoms. The molecule has 1 aliphatic carbocycles. The molecule has 3 aromatic rings. The van der Waals surface area contributed by atoms with E-state index in [4.69, 9.17) is 0 Å². The first-order valence-electron chi connectivity index (χ1n) is 11.2. The Morgan fingerprint density at radius 2 is 1.62 bits per heavy atom. The van der Waals surface area contributed by atoms with Gasteiger partial charge in [0.1, 0.15) is 0 Å². The average Bonchev–Trinajstić information content (AvgIpc) is 3.58. The highest BCUT2D eigenvalue weighted by molar-refractivity contribution is 9.08. The van der Waals surface area contributed by atoms with E-state index in [0.29, 0.717) is 23.7 Å². The third kappa shape index (κ3) is 4.19. The first-order chi connectivity index (χ1) is 15.7. The Balaban J connectivity index is 1.20. The minimum Gasteiger partial charge on any atom is -0.340 e. The van der Waals surface area contributed by atoms with Gasteiger partial charge in [-0.25, -0.2) is 4.68 Å². The lowest BCUT2D eigenvalue weighted by Gasteiger charge is -2.34. The van der Waals surface area contributed by atoms with E-state index >= 15 is 0 Å². The van der Waals surface area contributed by atoms with E-state index in [1.165, 1.54) is 5.56 Å². The summed E-state index contributed by atoms with van der Waals surface area (Å²) in [4.78, 5) is 30.2.